The number of amides is 2. The Bertz CT molecular complexity index is 808. The zero-order valence-corrected chi connectivity index (χ0v) is 13.0. The average Bonchev–Trinajstić information content (AvgIpc) is 3.38. The molecule has 1 aliphatic carbocycles. The summed E-state index contributed by atoms with van der Waals surface area (Å²) >= 11 is 0. The Labute approximate surface area is 139 Å². The highest BCUT2D eigenvalue weighted by molar-refractivity contribution is 6.24. The first-order valence-electron chi connectivity index (χ1n) is 7.72. The number of hydrogen-bond donors (Lipinski definition) is 2. The van der Waals surface area contributed by atoms with Gasteiger partial charge in [-0.15, -0.1) is 0 Å². The number of nitrogens with two attached hydrogens (primary N) is 1. The SMILES string of the molecule is NC(=O)c1ccc(/C=C(/C(=O)NC2CC2)c2ccccc2F)cc1. The Morgan fingerprint density at radius 3 is 2.33 bits per heavy atom. The zero-order valence-electron chi connectivity index (χ0n) is 13.0. The average molecular weight is 324 g/mol. The van der Waals surface area contributed by atoms with Crippen LogP contribution >= 0.6 is 0 Å². The summed E-state index contributed by atoms with van der Waals surface area (Å²) < 4.78 is 14.1. The maximum atomic E-state index is 14.1. The maximum Gasteiger partial charge on any atom is 0.252 e. The van der Waals surface area contributed by atoms with Crippen LogP contribution in [0.25, 0.3) is 11.6 Å². The summed E-state index contributed by atoms with van der Waals surface area (Å²) in [5.41, 5.74) is 6.78. The van der Waals surface area contributed by atoms with Crippen molar-refractivity contribution < 1.29 is 14.0 Å². The van der Waals surface area contributed by atoms with Gasteiger partial charge in [-0.2, -0.15) is 0 Å². The van der Waals surface area contributed by atoms with Crippen molar-refractivity contribution >= 4 is 23.5 Å². The van der Waals surface area contributed by atoms with Crippen LogP contribution in [0.15, 0.2) is 48.5 Å². The highest BCUT2D eigenvalue weighted by Gasteiger charge is 2.26. The van der Waals surface area contributed by atoms with Crippen LogP contribution in [0.2, 0.25) is 0 Å². The molecule has 0 unspecified atom stereocenters. The van der Waals surface area contributed by atoms with Gasteiger partial charge in [0.15, 0.2) is 0 Å². The van der Waals surface area contributed by atoms with Gasteiger partial charge in [-0.05, 0) is 42.7 Å². The van der Waals surface area contributed by atoms with E-state index in [9.17, 15) is 14.0 Å². The lowest BCUT2D eigenvalue weighted by atomic mass is 10.0. The Morgan fingerprint density at radius 1 is 1.08 bits per heavy atom. The molecule has 3 N–H and O–H groups in total. The lowest BCUT2D eigenvalue weighted by molar-refractivity contribution is -0.115. The largest absolute Gasteiger partial charge is 0.366 e. The summed E-state index contributed by atoms with van der Waals surface area (Å²) in [7, 11) is 0. The van der Waals surface area contributed by atoms with Gasteiger partial charge in [-0.25, -0.2) is 4.39 Å². The fraction of sp³-hybridized carbons (Fsp3) is 0.158. The number of benzene rings is 2. The molecule has 0 aromatic heterocycles. The van der Waals surface area contributed by atoms with Crippen LogP contribution in [-0.2, 0) is 4.79 Å². The van der Waals surface area contributed by atoms with E-state index >= 15 is 0 Å². The van der Waals surface area contributed by atoms with Gasteiger partial charge in [0.05, 0.1) is 5.57 Å². The van der Waals surface area contributed by atoms with Gasteiger partial charge in [-0.3, -0.25) is 9.59 Å². The third kappa shape index (κ3) is 3.68. The Balaban J connectivity index is 1.98. The minimum absolute atomic E-state index is 0.171. The van der Waals surface area contributed by atoms with Crippen molar-refractivity contribution in [1.82, 2.24) is 5.32 Å². The molecule has 0 aliphatic heterocycles. The Kier molecular flexibility index (Phi) is 4.42. The van der Waals surface area contributed by atoms with Crippen LogP contribution in [0, 0.1) is 5.82 Å². The third-order valence-corrected chi connectivity index (χ3v) is 3.83. The normalized spacial score (nSPS) is 14.3. The van der Waals surface area contributed by atoms with Crippen LogP contribution in [0.1, 0.15) is 34.3 Å². The second kappa shape index (κ2) is 6.66. The predicted molar refractivity (Wildman–Crippen MR) is 90.4 cm³/mol. The number of hydrogen-bond acceptors (Lipinski definition) is 2. The fourth-order valence-corrected chi connectivity index (χ4v) is 2.35. The van der Waals surface area contributed by atoms with Crippen LogP contribution < -0.4 is 11.1 Å². The minimum Gasteiger partial charge on any atom is -0.366 e. The highest BCUT2D eigenvalue weighted by atomic mass is 19.1. The molecule has 0 saturated heterocycles. The van der Waals surface area contributed by atoms with E-state index in [0.29, 0.717) is 11.1 Å². The van der Waals surface area contributed by atoms with Crippen molar-refractivity contribution in [3.63, 3.8) is 0 Å². The first-order chi connectivity index (χ1) is 11.5. The van der Waals surface area contributed by atoms with E-state index in [4.69, 9.17) is 5.73 Å². The van der Waals surface area contributed by atoms with Crippen LogP contribution in [0.4, 0.5) is 4.39 Å². The number of carbonyl (C=O) groups excluding carboxylic acids is 2. The molecule has 0 bridgehead atoms. The van der Waals surface area contributed by atoms with E-state index in [1.54, 1.807) is 48.5 Å². The molecule has 2 aromatic rings. The van der Waals surface area contributed by atoms with Gasteiger partial charge in [0.1, 0.15) is 5.82 Å². The number of nitrogens with one attached hydrogen (secondary N) is 1. The van der Waals surface area contributed by atoms with Crippen molar-refractivity contribution in [3.8, 4) is 0 Å². The smallest absolute Gasteiger partial charge is 0.252 e. The lowest BCUT2D eigenvalue weighted by Gasteiger charge is -2.10. The summed E-state index contributed by atoms with van der Waals surface area (Å²) in [6.07, 6.45) is 3.51. The van der Waals surface area contributed by atoms with Gasteiger partial charge >= 0.3 is 0 Å². The molecule has 1 aliphatic rings. The van der Waals surface area contributed by atoms with E-state index < -0.39 is 11.7 Å². The standard InChI is InChI=1S/C19H17FN2O2/c20-17-4-2-1-3-15(17)16(19(24)22-14-9-10-14)11-12-5-7-13(8-6-12)18(21)23/h1-8,11,14H,9-10H2,(H2,21,23)(H,22,24)/b16-11+. The molecule has 1 saturated carbocycles. The monoisotopic (exact) mass is 324 g/mol. The van der Waals surface area contributed by atoms with E-state index in [-0.39, 0.29) is 23.1 Å². The molecule has 0 atom stereocenters. The highest BCUT2D eigenvalue weighted by Crippen LogP contribution is 2.25. The predicted octanol–water partition coefficient (Wildman–Crippen LogP) is 2.74. The molecule has 0 radical (unpaired) electrons. The van der Waals surface area contributed by atoms with Gasteiger partial charge in [0, 0.05) is 17.2 Å². The maximum absolute atomic E-state index is 14.1. The van der Waals surface area contributed by atoms with Gasteiger partial charge < -0.3 is 11.1 Å². The summed E-state index contributed by atoms with van der Waals surface area (Å²) in [6.45, 7) is 0. The van der Waals surface area contributed by atoms with E-state index in [1.807, 2.05) is 0 Å². The van der Waals surface area contributed by atoms with E-state index in [0.717, 1.165) is 12.8 Å². The van der Waals surface area contributed by atoms with Gasteiger partial charge in [-0.1, -0.05) is 30.3 Å². The summed E-state index contributed by atoms with van der Waals surface area (Å²) in [4.78, 5) is 23.6. The first kappa shape index (κ1) is 15.9. The molecule has 1 fully saturated rings. The Morgan fingerprint density at radius 2 is 1.75 bits per heavy atom. The number of primary amides is 1. The molecular weight excluding hydrogens is 307 g/mol. The molecule has 2 amide bonds. The number of rotatable bonds is 5. The van der Waals surface area contributed by atoms with E-state index in [2.05, 4.69) is 5.32 Å². The van der Waals surface area contributed by atoms with Crippen molar-refractivity contribution in [2.75, 3.05) is 0 Å². The molecule has 122 valence electrons. The quantitative estimate of drug-likeness (QED) is 0.656. The van der Waals surface area contributed by atoms with Crippen LogP contribution in [0.3, 0.4) is 0 Å². The minimum atomic E-state index is -0.522. The summed E-state index contributed by atoms with van der Waals surface area (Å²) in [6, 6.07) is 12.8. The summed E-state index contributed by atoms with van der Waals surface area (Å²) in [5.74, 6) is -1.28. The lowest BCUT2D eigenvalue weighted by Crippen LogP contribution is -2.26. The fourth-order valence-electron chi connectivity index (χ4n) is 2.35. The second-order valence-electron chi connectivity index (χ2n) is 5.77. The second-order valence-corrected chi connectivity index (χ2v) is 5.77. The van der Waals surface area contributed by atoms with Crippen LogP contribution in [-0.4, -0.2) is 17.9 Å². The molecule has 3 rings (SSSR count). The van der Waals surface area contributed by atoms with Crippen molar-refractivity contribution in [1.29, 1.82) is 0 Å². The van der Waals surface area contributed by atoms with Crippen molar-refractivity contribution in [3.05, 3.63) is 71.0 Å². The zero-order chi connectivity index (χ0) is 17.1. The molecule has 2 aromatic carbocycles. The van der Waals surface area contributed by atoms with Gasteiger partial charge in [0.2, 0.25) is 5.91 Å². The van der Waals surface area contributed by atoms with Crippen molar-refractivity contribution in [2.45, 2.75) is 18.9 Å². The van der Waals surface area contributed by atoms with Gasteiger partial charge in [0.25, 0.3) is 5.91 Å². The summed E-state index contributed by atoms with van der Waals surface area (Å²) in [5, 5.41) is 2.88. The topological polar surface area (TPSA) is 72.2 Å². The number of carbonyl (C=O) groups is 2. The third-order valence-electron chi connectivity index (χ3n) is 3.83. The molecule has 0 heterocycles. The molecule has 5 heteroatoms. The molecule has 4 nitrogen and oxygen atoms in total. The molecule has 0 spiro atoms. The molecule has 24 heavy (non-hydrogen) atoms. The van der Waals surface area contributed by atoms with Crippen LogP contribution in [0.5, 0.6) is 0 Å². The number of halogens is 1. The van der Waals surface area contributed by atoms with E-state index in [1.165, 1.54) is 6.07 Å². The van der Waals surface area contributed by atoms with Crippen molar-refractivity contribution in [2.24, 2.45) is 5.73 Å². The molecular formula is C19H17FN2O2. The first-order valence-corrected chi connectivity index (χ1v) is 7.72. The Hall–Kier alpha value is -2.95.